The minimum atomic E-state index is 0.389. The third kappa shape index (κ3) is 3.32. The minimum absolute atomic E-state index is 0.389. The Labute approximate surface area is 108 Å². The maximum absolute atomic E-state index is 4.32. The van der Waals surface area contributed by atoms with Gasteiger partial charge in [-0.3, -0.25) is 0 Å². The third-order valence-corrected chi connectivity index (χ3v) is 3.71. The first-order valence-electron chi connectivity index (χ1n) is 5.15. The van der Waals surface area contributed by atoms with Crippen molar-refractivity contribution in [3.05, 3.63) is 45.9 Å². The molecule has 0 fully saturated rings. The third-order valence-electron chi connectivity index (χ3n) is 2.23. The van der Waals surface area contributed by atoms with Gasteiger partial charge in [0.15, 0.2) is 5.13 Å². The molecule has 1 aromatic carbocycles. The van der Waals surface area contributed by atoms with Crippen molar-refractivity contribution in [1.29, 1.82) is 0 Å². The second kappa shape index (κ2) is 5.46. The van der Waals surface area contributed by atoms with Gasteiger partial charge in [0.1, 0.15) is 4.60 Å². The second-order valence-corrected chi connectivity index (χ2v) is 5.38. The summed E-state index contributed by atoms with van der Waals surface area (Å²) in [6.07, 6.45) is 1.01. The summed E-state index contributed by atoms with van der Waals surface area (Å²) in [4.78, 5) is 4.32. The smallest absolute Gasteiger partial charge is 0.183 e. The molecule has 1 aromatic heterocycles. The molecule has 1 atom stereocenters. The largest absolute Gasteiger partial charge is 0.359 e. The van der Waals surface area contributed by atoms with Crippen LogP contribution in [0.5, 0.6) is 0 Å². The van der Waals surface area contributed by atoms with Gasteiger partial charge in [0.05, 0.1) is 0 Å². The van der Waals surface area contributed by atoms with E-state index in [-0.39, 0.29) is 0 Å². The normalized spacial score (nSPS) is 12.4. The van der Waals surface area contributed by atoms with E-state index in [9.17, 15) is 0 Å². The van der Waals surface area contributed by atoms with E-state index < -0.39 is 0 Å². The molecule has 0 aliphatic heterocycles. The molecule has 0 saturated heterocycles. The van der Waals surface area contributed by atoms with Gasteiger partial charge in [-0.05, 0) is 34.8 Å². The second-order valence-electron chi connectivity index (χ2n) is 3.71. The van der Waals surface area contributed by atoms with Crippen molar-refractivity contribution in [2.45, 2.75) is 19.4 Å². The van der Waals surface area contributed by atoms with Gasteiger partial charge < -0.3 is 5.32 Å². The van der Waals surface area contributed by atoms with E-state index in [4.69, 9.17) is 0 Å². The van der Waals surface area contributed by atoms with Crippen LogP contribution in [0.4, 0.5) is 5.13 Å². The standard InChI is InChI=1S/C12H13BrN2S/c1-9(7-10-5-3-2-4-6-10)14-12-15-11(13)8-16-12/h2-6,8-9H,7H2,1H3,(H,14,15). The molecule has 16 heavy (non-hydrogen) atoms. The molecule has 0 radical (unpaired) electrons. The molecule has 84 valence electrons. The minimum Gasteiger partial charge on any atom is -0.359 e. The molecule has 1 N–H and O–H groups in total. The van der Waals surface area contributed by atoms with Crippen molar-refractivity contribution in [3.63, 3.8) is 0 Å². The number of nitrogens with one attached hydrogen (secondary N) is 1. The molecule has 1 unspecified atom stereocenters. The van der Waals surface area contributed by atoms with Crippen LogP contribution < -0.4 is 5.32 Å². The SMILES string of the molecule is CC(Cc1ccccc1)Nc1nc(Br)cs1. The highest BCUT2D eigenvalue weighted by molar-refractivity contribution is 9.10. The van der Waals surface area contributed by atoms with Crippen molar-refractivity contribution < 1.29 is 0 Å². The number of benzene rings is 1. The predicted molar refractivity (Wildman–Crippen MR) is 73.0 cm³/mol. The van der Waals surface area contributed by atoms with Crippen LogP contribution in [0.3, 0.4) is 0 Å². The van der Waals surface area contributed by atoms with Crippen molar-refractivity contribution in [1.82, 2.24) is 4.98 Å². The molecule has 0 spiro atoms. The molecular weight excluding hydrogens is 284 g/mol. The van der Waals surface area contributed by atoms with E-state index in [0.29, 0.717) is 6.04 Å². The Kier molecular flexibility index (Phi) is 3.96. The Bertz CT molecular complexity index is 441. The summed E-state index contributed by atoms with van der Waals surface area (Å²) < 4.78 is 0.895. The summed E-state index contributed by atoms with van der Waals surface area (Å²) in [6, 6.07) is 10.9. The monoisotopic (exact) mass is 296 g/mol. The van der Waals surface area contributed by atoms with Crippen LogP contribution in [0.25, 0.3) is 0 Å². The van der Waals surface area contributed by atoms with Crippen LogP contribution in [0.1, 0.15) is 12.5 Å². The van der Waals surface area contributed by atoms with Gasteiger partial charge in [-0.15, -0.1) is 11.3 Å². The molecule has 2 nitrogen and oxygen atoms in total. The summed E-state index contributed by atoms with van der Waals surface area (Å²) in [5.74, 6) is 0. The zero-order chi connectivity index (χ0) is 11.4. The van der Waals surface area contributed by atoms with E-state index in [1.165, 1.54) is 5.56 Å². The predicted octanol–water partition coefficient (Wildman–Crippen LogP) is 3.95. The highest BCUT2D eigenvalue weighted by Crippen LogP contribution is 2.20. The van der Waals surface area contributed by atoms with E-state index in [1.807, 2.05) is 11.4 Å². The molecule has 0 amide bonds. The number of rotatable bonds is 4. The van der Waals surface area contributed by atoms with Crippen molar-refractivity contribution in [2.75, 3.05) is 5.32 Å². The van der Waals surface area contributed by atoms with Gasteiger partial charge in [-0.1, -0.05) is 30.3 Å². The average molecular weight is 297 g/mol. The van der Waals surface area contributed by atoms with Crippen molar-refractivity contribution in [3.8, 4) is 0 Å². The molecule has 2 rings (SSSR count). The fourth-order valence-corrected chi connectivity index (χ4v) is 2.81. The Morgan fingerprint density at radius 3 is 2.75 bits per heavy atom. The van der Waals surface area contributed by atoms with Crippen molar-refractivity contribution >= 4 is 32.4 Å². The lowest BCUT2D eigenvalue weighted by Crippen LogP contribution is -2.17. The summed E-state index contributed by atoms with van der Waals surface area (Å²) in [6.45, 7) is 2.17. The quantitative estimate of drug-likeness (QED) is 0.924. The summed E-state index contributed by atoms with van der Waals surface area (Å²) >= 11 is 4.97. The number of hydrogen-bond acceptors (Lipinski definition) is 3. The first-order valence-corrected chi connectivity index (χ1v) is 6.83. The summed E-state index contributed by atoms with van der Waals surface area (Å²) in [5, 5.41) is 6.34. The summed E-state index contributed by atoms with van der Waals surface area (Å²) in [5.41, 5.74) is 1.35. The molecule has 1 heterocycles. The molecule has 0 bridgehead atoms. The fraction of sp³-hybridized carbons (Fsp3) is 0.250. The first-order chi connectivity index (χ1) is 7.74. The molecule has 4 heteroatoms. The lowest BCUT2D eigenvalue weighted by molar-refractivity contribution is 0.788. The maximum atomic E-state index is 4.32. The molecule has 0 saturated carbocycles. The Morgan fingerprint density at radius 1 is 1.38 bits per heavy atom. The topological polar surface area (TPSA) is 24.9 Å². The van der Waals surface area contributed by atoms with Gasteiger partial charge in [-0.25, -0.2) is 4.98 Å². The number of aromatic nitrogens is 1. The van der Waals surface area contributed by atoms with Crippen LogP contribution in [0, 0.1) is 0 Å². The lowest BCUT2D eigenvalue weighted by atomic mass is 10.1. The molecule has 0 aliphatic carbocycles. The number of thiazole rings is 1. The highest BCUT2D eigenvalue weighted by Gasteiger charge is 2.05. The van der Waals surface area contributed by atoms with Crippen LogP contribution in [-0.4, -0.2) is 11.0 Å². The first kappa shape index (κ1) is 11.6. The van der Waals surface area contributed by atoms with E-state index in [0.717, 1.165) is 16.2 Å². The van der Waals surface area contributed by atoms with Gasteiger partial charge >= 0.3 is 0 Å². The van der Waals surface area contributed by atoms with Crippen LogP contribution >= 0.6 is 27.3 Å². The zero-order valence-electron chi connectivity index (χ0n) is 8.98. The van der Waals surface area contributed by atoms with Crippen LogP contribution in [0.2, 0.25) is 0 Å². The number of halogens is 1. The van der Waals surface area contributed by atoms with E-state index >= 15 is 0 Å². The number of anilines is 1. The Balaban J connectivity index is 1.92. The Morgan fingerprint density at radius 2 is 2.12 bits per heavy atom. The molecule has 0 aliphatic rings. The Hall–Kier alpha value is -0.870. The van der Waals surface area contributed by atoms with Crippen LogP contribution in [-0.2, 0) is 6.42 Å². The van der Waals surface area contributed by atoms with Gasteiger partial charge in [0.25, 0.3) is 0 Å². The van der Waals surface area contributed by atoms with Gasteiger partial charge in [-0.2, -0.15) is 0 Å². The number of hydrogen-bond donors (Lipinski definition) is 1. The highest BCUT2D eigenvalue weighted by atomic mass is 79.9. The maximum Gasteiger partial charge on any atom is 0.183 e. The zero-order valence-corrected chi connectivity index (χ0v) is 11.4. The van der Waals surface area contributed by atoms with Crippen molar-refractivity contribution in [2.24, 2.45) is 0 Å². The van der Waals surface area contributed by atoms with Gasteiger partial charge in [0.2, 0.25) is 0 Å². The summed E-state index contributed by atoms with van der Waals surface area (Å²) in [7, 11) is 0. The average Bonchev–Trinajstić information content (AvgIpc) is 2.65. The van der Waals surface area contributed by atoms with Gasteiger partial charge in [0, 0.05) is 11.4 Å². The molecular formula is C12H13BrN2S. The van der Waals surface area contributed by atoms with E-state index in [1.54, 1.807) is 11.3 Å². The van der Waals surface area contributed by atoms with E-state index in [2.05, 4.69) is 57.4 Å². The number of nitrogens with zero attached hydrogens (tertiary/aromatic N) is 1. The molecule has 2 aromatic rings. The lowest BCUT2D eigenvalue weighted by Gasteiger charge is -2.12. The fourth-order valence-electron chi connectivity index (χ4n) is 1.55. The van der Waals surface area contributed by atoms with Crippen LogP contribution in [0.15, 0.2) is 40.3 Å².